The van der Waals surface area contributed by atoms with E-state index in [2.05, 4.69) is 75.2 Å². The molecule has 0 unspecified atom stereocenters. The topological polar surface area (TPSA) is 18.0 Å². The van der Waals surface area contributed by atoms with Gasteiger partial charge in [0.2, 0.25) is 6.33 Å². The molecule has 0 fully saturated rings. The summed E-state index contributed by atoms with van der Waals surface area (Å²) < 4.78 is 10.8. The minimum absolute atomic E-state index is 0.308. The zero-order valence-electron chi connectivity index (χ0n) is 14.3. The summed E-state index contributed by atoms with van der Waals surface area (Å²) >= 11 is 0. The van der Waals surface area contributed by atoms with E-state index >= 15 is 0 Å². The first-order valence-electron chi connectivity index (χ1n) is 8.20. The van der Waals surface area contributed by atoms with E-state index in [0.717, 1.165) is 18.6 Å². The monoisotopic (exact) mass is 289 g/mol. The third-order valence-electron chi connectivity index (χ3n) is 4.08. The summed E-state index contributed by atoms with van der Waals surface area (Å²) in [5.41, 5.74) is 2.53. The number of hydrogen-bond acceptors (Lipinski definition) is 1. The Hall–Kier alpha value is -1.51. The molecule has 21 heavy (non-hydrogen) atoms. The van der Waals surface area contributed by atoms with Crippen molar-refractivity contribution in [2.45, 2.75) is 72.6 Å². The Kier molecular flexibility index (Phi) is 4.92. The summed E-state index contributed by atoms with van der Waals surface area (Å²) in [4.78, 5) is 0. The molecule has 3 nitrogen and oxygen atoms in total. The third-order valence-corrected chi connectivity index (χ3v) is 4.08. The van der Waals surface area contributed by atoms with Crippen LogP contribution >= 0.6 is 0 Å². The summed E-state index contributed by atoms with van der Waals surface area (Å²) in [7, 11) is 0. The number of hydrogen-bond donors (Lipinski definition) is 0. The maximum atomic E-state index is 6.10. The van der Waals surface area contributed by atoms with Crippen molar-refractivity contribution in [3.05, 3.63) is 24.5 Å². The van der Waals surface area contributed by atoms with Crippen LogP contribution in [-0.4, -0.2) is 10.7 Å². The molecule has 2 rings (SSSR count). The molecular weight excluding hydrogens is 260 g/mol. The standard InChI is InChI=1S/C18H29N2O/c1-7-15(8-2)21-16-9-10-17-18(11-16)20(14(5)6)12-19(17)13(3)4/h9-15H,7-8H2,1-6H3/q+1. The molecule has 3 heteroatoms. The van der Waals surface area contributed by atoms with Gasteiger partial charge in [-0.2, -0.15) is 0 Å². The lowest BCUT2D eigenvalue weighted by Crippen LogP contribution is -2.34. The van der Waals surface area contributed by atoms with Gasteiger partial charge in [0, 0.05) is 6.07 Å². The average Bonchev–Trinajstić information content (AvgIpc) is 2.83. The van der Waals surface area contributed by atoms with Crippen LogP contribution in [0.5, 0.6) is 5.75 Å². The predicted molar refractivity (Wildman–Crippen MR) is 87.9 cm³/mol. The summed E-state index contributed by atoms with van der Waals surface area (Å²) in [6.07, 6.45) is 4.63. The van der Waals surface area contributed by atoms with E-state index in [0.29, 0.717) is 18.2 Å². The molecule has 1 aromatic carbocycles. The van der Waals surface area contributed by atoms with E-state index in [1.807, 2.05) is 0 Å². The van der Waals surface area contributed by atoms with Crippen molar-refractivity contribution < 1.29 is 9.30 Å². The number of ether oxygens (including phenoxy) is 1. The van der Waals surface area contributed by atoms with Crippen molar-refractivity contribution in [2.75, 3.05) is 0 Å². The predicted octanol–water partition coefficient (Wildman–Crippen LogP) is 4.66. The normalized spacial score (nSPS) is 12.0. The van der Waals surface area contributed by atoms with Crippen LogP contribution < -0.4 is 9.30 Å². The third kappa shape index (κ3) is 3.22. The fourth-order valence-corrected chi connectivity index (χ4v) is 2.73. The highest BCUT2D eigenvalue weighted by atomic mass is 16.5. The molecule has 1 aromatic heterocycles. The van der Waals surface area contributed by atoms with E-state index in [4.69, 9.17) is 4.74 Å². The largest absolute Gasteiger partial charge is 0.490 e. The summed E-state index contributed by atoms with van der Waals surface area (Å²) in [5.74, 6) is 0.979. The molecule has 2 aromatic rings. The molecule has 0 N–H and O–H groups in total. The van der Waals surface area contributed by atoms with E-state index in [1.54, 1.807) is 0 Å². The Labute approximate surface area is 128 Å². The minimum atomic E-state index is 0.308. The number of rotatable bonds is 6. The van der Waals surface area contributed by atoms with Crippen LogP contribution in [0, 0.1) is 0 Å². The van der Waals surface area contributed by atoms with Crippen LogP contribution in [0.1, 0.15) is 66.5 Å². The zero-order chi connectivity index (χ0) is 15.6. The van der Waals surface area contributed by atoms with Crippen LogP contribution in [0.4, 0.5) is 0 Å². The van der Waals surface area contributed by atoms with Gasteiger partial charge in [0.1, 0.15) is 5.75 Å². The van der Waals surface area contributed by atoms with E-state index < -0.39 is 0 Å². The number of imidazole rings is 1. The first kappa shape index (κ1) is 15.9. The highest BCUT2D eigenvalue weighted by Crippen LogP contribution is 2.24. The van der Waals surface area contributed by atoms with Gasteiger partial charge in [-0.15, -0.1) is 0 Å². The van der Waals surface area contributed by atoms with E-state index in [9.17, 15) is 0 Å². The Bertz CT molecular complexity index is 595. The Morgan fingerprint density at radius 1 is 1.10 bits per heavy atom. The Balaban J connectivity index is 2.48. The molecule has 0 bridgehead atoms. The van der Waals surface area contributed by atoms with Gasteiger partial charge in [-0.1, -0.05) is 13.8 Å². The van der Waals surface area contributed by atoms with Crippen LogP contribution in [0.15, 0.2) is 24.5 Å². The molecule has 0 aliphatic heterocycles. The number of nitrogens with zero attached hydrogens (tertiary/aromatic N) is 2. The Morgan fingerprint density at radius 3 is 2.29 bits per heavy atom. The SMILES string of the molecule is CCC(CC)Oc1ccc2c(c1)n(C(C)C)c[n+]2C(C)C. The second kappa shape index (κ2) is 6.50. The molecule has 0 saturated heterocycles. The lowest BCUT2D eigenvalue weighted by molar-refractivity contribution is -0.692. The zero-order valence-corrected chi connectivity index (χ0v) is 14.3. The lowest BCUT2D eigenvalue weighted by Gasteiger charge is -2.15. The molecular formula is C18H29N2O+. The second-order valence-electron chi connectivity index (χ2n) is 6.32. The van der Waals surface area contributed by atoms with Gasteiger partial charge >= 0.3 is 0 Å². The fraction of sp³-hybridized carbons (Fsp3) is 0.611. The second-order valence-corrected chi connectivity index (χ2v) is 6.32. The van der Waals surface area contributed by atoms with Gasteiger partial charge in [0.15, 0.2) is 11.0 Å². The van der Waals surface area contributed by atoms with Gasteiger partial charge < -0.3 is 4.74 Å². The molecule has 0 atom stereocenters. The molecule has 1 heterocycles. The highest BCUT2D eigenvalue weighted by molar-refractivity contribution is 5.74. The van der Waals surface area contributed by atoms with Crippen LogP contribution in [0.2, 0.25) is 0 Å². The van der Waals surface area contributed by atoms with E-state index in [-0.39, 0.29) is 0 Å². The van der Waals surface area contributed by atoms with Crippen molar-refractivity contribution >= 4 is 11.0 Å². The number of benzene rings is 1. The first-order chi connectivity index (χ1) is 9.97. The summed E-state index contributed by atoms with van der Waals surface area (Å²) in [6.45, 7) is 13.2. The molecule has 0 aliphatic carbocycles. The van der Waals surface area contributed by atoms with Crippen molar-refractivity contribution in [2.24, 2.45) is 0 Å². The fourth-order valence-electron chi connectivity index (χ4n) is 2.73. The first-order valence-corrected chi connectivity index (χ1v) is 8.20. The van der Waals surface area contributed by atoms with Crippen molar-refractivity contribution in [3.8, 4) is 5.75 Å². The summed E-state index contributed by atoms with van der Waals surface area (Å²) in [5, 5.41) is 0. The molecule has 116 valence electrons. The lowest BCUT2D eigenvalue weighted by atomic mass is 10.2. The van der Waals surface area contributed by atoms with Gasteiger partial charge in [-0.25, -0.2) is 9.13 Å². The van der Waals surface area contributed by atoms with Gasteiger partial charge in [-0.05, 0) is 52.7 Å². The van der Waals surface area contributed by atoms with Crippen molar-refractivity contribution in [1.29, 1.82) is 0 Å². The maximum Gasteiger partial charge on any atom is 0.245 e. The average molecular weight is 289 g/mol. The molecule has 0 saturated carbocycles. The Morgan fingerprint density at radius 2 is 1.76 bits per heavy atom. The smallest absolute Gasteiger partial charge is 0.245 e. The van der Waals surface area contributed by atoms with Gasteiger partial charge in [-0.3, -0.25) is 0 Å². The quantitative estimate of drug-likeness (QED) is 0.707. The number of fused-ring (bicyclic) bond motifs is 1. The molecule has 0 aliphatic rings. The maximum absolute atomic E-state index is 6.10. The van der Waals surface area contributed by atoms with Crippen LogP contribution in [0.3, 0.4) is 0 Å². The minimum Gasteiger partial charge on any atom is -0.490 e. The van der Waals surface area contributed by atoms with Crippen molar-refractivity contribution in [3.63, 3.8) is 0 Å². The molecule has 0 radical (unpaired) electrons. The van der Waals surface area contributed by atoms with Crippen molar-refractivity contribution in [1.82, 2.24) is 4.57 Å². The number of aromatic nitrogens is 2. The van der Waals surface area contributed by atoms with Gasteiger partial charge in [0.05, 0.1) is 18.2 Å². The van der Waals surface area contributed by atoms with Crippen LogP contribution in [-0.2, 0) is 0 Å². The highest BCUT2D eigenvalue weighted by Gasteiger charge is 2.20. The van der Waals surface area contributed by atoms with Gasteiger partial charge in [0.25, 0.3) is 0 Å². The van der Waals surface area contributed by atoms with Crippen LogP contribution in [0.25, 0.3) is 11.0 Å². The molecule has 0 spiro atoms. The summed E-state index contributed by atoms with van der Waals surface area (Å²) in [6, 6.07) is 7.37. The molecule has 0 amide bonds. The van der Waals surface area contributed by atoms with E-state index in [1.165, 1.54) is 11.0 Å².